The maximum absolute atomic E-state index is 13.1. The molecule has 2 aliphatic heterocycles. The maximum atomic E-state index is 13.1. The highest BCUT2D eigenvalue weighted by atomic mass is 32.2. The van der Waals surface area contributed by atoms with E-state index in [2.05, 4.69) is 44.4 Å². The van der Waals surface area contributed by atoms with Crippen LogP contribution >= 0.6 is 21.0 Å². The normalized spacial score (nSPS) is 24.9. The van der Waals surface area contributed by atoms with E-state index in [9.17, 15) is 9.59 Å². The van der Waals surface area contributed by atoms with Crippen molar-refractivity contribution in [2.24, 2.45) is 9.98 Å². The fourth-order valence-electron chi connectivity index (χ4n) is 4.18. The fourth-order valence-corrected chi connectivity index (χ4v) is 7.71. The molecule has 0 fully saturated rings. The minimum absolute atomic E-state index is 0.0497. The number of ketones is 2. The third-order valence-electron chi connectivity index (χ3n) is 6.36. The molecule has 0 bridgehead atoms. The molecule has 4 rings (SSSR count). The van der Waals surface area contributed by atoms with Crippen molar-refractivity contribution in [3.63, 3.8) is 0 Å². The highest BCUT2D eigenvalue weighted by Crippen LogP contribution is 2.29. The van der Waals surface area contributed by atoms with E-state index in [0.29, 0.717) is 11.1 Å². The molecule has 0 aromatic rings. The topological polar surface area (TPSA) is 113 Å². The number of hydrogen-bond acceptors (Lipinski definition) is 6. The Labute approximate surface area is 215 Å². The molecule has 2 unspecified atom stereocenters. The van der Waals surface area contributed by atoms with Crippen molar-refractivity contribution in [2.75, 3.05) is 51.2 Å². The van der Waals surface area contributed by atoms with Gasteiger partial charge in [-0.3, -0.25) is 9.59 Å². The first-order valence-electron chi connectivity index (χ1n) is 11.3. The fraction of sp³-hybridized carbons (Fsp3) is 0.308. The van der Waals surface area contributed by atoms with E-state index >= 15 is 0 Å². The SMILES string of the molecule is CN1CCS(C)=C2C(=O)C(C=N/C(C#[NH+])=C(\C#[NH+])N=CC3=CC=C4C(=S(C)CCN4C)C3=O)=CC=C21. The van der Waals surface area contributed by atoms with Crippen molar-refractivity contribution in [1.82, 2.24) is 9.80 Å². The molecule has 0 amide bonds. The molecule has 8 nitrogen and oxygen atoms in total. The average molecular weight is 521 g/mol. The van der Waals surface area contributed by atoms with Gasteiger partial charge in [-0.05, 0) is 36.8 Å². The third-order valence-corrected chi connectivity index (χ3v) is 10.1. The molecule has 0 aromatic carbocycles. The van der Waals surface area contributed by atoms with Crippen LogP contribution in [0.15, 0.2) is 68.2 Å². The van der Waals surface area contributed by atoms with Gasteiger partial charge in [0.05, 0.1) is 21.1 Å². The van der Waals surface area contributed by atoms with Crippen LogP contribution in [0.2, 0.25) is 0 Å². The highest BCUT2D eigenvalue weighted by Gasteiger charge is 2.30. The van der Waals surface area contributed by atoms with Crippen molar-refractivity contribution in [3.05, 3.63) is 58.2 Å². The molecule has 2 heterocycles. The van der Waals surface area contributed by atoms with Crippen LogP contribution in [0, 0.1) is 12.1 Å². The van der Waals surface area contributed by atoms with Gasteiger partial charge < -0.3 is 9.80 Å². The third kappa shape index (κ3) is 4.75. The first kappa shape index (κ1) is 25.5. The standard InChI is InChI=1S/C26H26N6O2S2/c1-31-9-11-35(3)25-21(31)7-5-17(23(25)33)15-29-19(13-27)20(14-28)30-16-18-6-8-22-26(24(18)34)36(4)12-10-32(22)2/h5-8,15-16H,9-12H2,1-4H3/p+2/b20-19+,29-15?,30-16?. The van der Waals surface area contributed by atoms with E-state index in [1.165, 1.54) is 12.4 Å². The summed E-state index contributed by atoms with van der Waals surface area (Å²) in [7, 11) is 3.67. The van der Waals surface area contributed by atoms with E-state index in [4.69, 9.17) is 10.5 Å². The minimum Gasteiger partial charge on any atom is -0.373 e. The lowest BCUT2D eigenvalue weighted by atomic mass is 10.0. The quantitative estimate of drug-likeness (QED) is 0.273. The molecule has 36 heavy (non-hydrogen) atoms. The molecule has 2 atom stereocenters. The van der Waals surface area contributed by atoms with Gasteiger partial charge in [-0.25, -0.2) is 9.98 Å². The Kier molecular flexibility index (Phi) is 7.48. The summed E-state index contributed by atoms with van der Waals surface area (Å²) in [5.41, 5.74) is 2.60. The summed E-state index contributed by atoms with van der Waals surface area (Å²) in [5, 5.41) is 15.3. The number of fused-ring (bicyclic) bond motifs is 2. The second kappa shape index (κ2) is 10.6. The van der Waals surface area contributed by atoms with Crippen LogP contribution in [0.4, 0.5) is 0 Å². The monoisotopic (exact) mass is 520 g/mol. The Balaban J connectivity index is 1.62. The summed E-state index contributed by atoms with van der Waals surface area (Å²) >= 11 is 0. The number of nitrogens with one attached hydrogen (secondary N) is 2. The molecule has 2 aliphatic carbocycles. The molecule has 0 saturated heterocycles. The molecular weight excluding hydrogens is 492 g/mol. The number of hydrogen-bond donors (Lipinski definition) is 2. The van der Waals surface area contributed by atoms with Crippen molar-refractivity contribution in [1.29, 1.82) is 0 Å². The van der Waals surface area contributed by atoms with Gasteiger partial charge in [-0.2, -0.15) is 21.0 Å². The number of carbonyl (C=O) groups excluding carboxylic acids is 2. The molecule has 0 spiro atoms. The minimum atomic E-state index is -0.145. The summed E-state index contributed by atoms with van der Waals surface area (Å²) < 4.78 is 0. The van der Waals surface area contributed by atoms with Gasteiger partial charge in [-0.15, -0.1) is 0 Å². The summed E-state index contributed by atoms with van der Waals surface area (Å²) in [4.78, 5) is 40.4. The van der Waals surface area contributed by atoms with Crippen LogP contribution in [-0.4, -0.2) is 94.7 Å². The van der Waals surface area contributed by atoms with E-state index in [0.717, 1.165) is 45.7 Å². The second-order valence-electron chi connectivity index (χ2n) is 8.65. The molecule has 184 valence electrons. The van der Waals surface area contributed by atoms with E-state index in [1.54, 1.807) is 12.2 Å². The predicted octanol–water partition coefficient (Wildman–Crippen LogP) is -1.30. The predicted molar refractivity (Wildman–Crippen MR) is 148 cm³/mol. The lowest BCUT2D eigenvalue weighted by Gasteiger charge is -2.32. The van der Waals surface area contributed by atoms with E-state index < -0.39 is 0 Å². The summed E-state index contributed by atoms with van der Waals surface area (Å²) in [6, 6.07) is 4.36. The van der Waals surface area contributed by atoms with Crippen LogP contribution in [-0.2, 0) is 9.59 Å². The van der Waals surface area contributed by atoms with Gasteiger partial charge in [0.2, 0.25) is 23.0 Å². The van der Waals surface area contributed by atoms with Gasteiger partial charge in [0.1, 0.15) is 0 Å². The van der Waals surface area contributed by atoms with Crippen LogP contribution in [0.5, 0.6) is 0 Å². The van der Waals surface area contributed by atoms with E-state index in [-0.39, 0.29) is 43.9 Å². The Morgan fingerprint density at radius 1 is 0.806 bits per heavy atom. The van der Waals surface area contributed by atoms with Crippen molar-refractivity contribution < 1.29 is 20.1 Å². The van der Waals surface area contributed by atoms with Gasteiger partial charge in [0, 0.05) is 62.3 Å². The summed E-state index contributed by atoms with van der Waals surface area (Å²) in [6.45, 7) is 1.83. The van der Waals surface area contributed by atoms with Crippen molar-refractivity contribution >= 4 is 54.7 Å². The van der Waals surface area contributed by atoms with Crippen LogP contribution < -0.4 is 10.5 Å². The van der Waals surface area contributed by atoms with Crippen LogP contribution in [0.25, 0.3) is 0 Å². The lowest BCUT2D eigenvalue weighted by Crippen LogP contribution is -2.37. The second-order valence-corrected chi connectivity index (χ2v) is 12.8. The first-order chi connectivity index (χ1) is 17.3. The average Bonchev–Trinajstić information content (AvgIpc) is 2.87. The largest absolute Gasteiger partial charge is 0.373 e. The molecule has 4 aliphatic rings. The number of rotatable bonds is 4. The summed E-state index contributed by atoms with van der Waals surface area (Å²) in [6.07, 6.45) is 14.2. The molecule has 0 radical (unpaired) electrons. The first-order valence-corrected chi connectivity index (χ1v) is 14.9. The van der Waals surface area contributed by atoms with Crippen LogP contribution in [0.3, 0.4) is 0 Å². The highest BCUT2D eigenvalue weighted by molar-refractivity contribution is 8.17. The molecular formula is C26H28N6O2S2+2. The molecule has 0 saturated carbocycles. The maximum Gasteiger partial charge on any atom is 0.332 e. The van der Waals surface area contributed by atoms with Crippen LogP contribution in [0.1, 0.15) is 0 Å². The van der Waals surface area contributed by atoms with Gasteiger partial charge in [0.15, 0.2) is 0 Å². The van der Waals surface area contributed by atoms with Gasteiger partial charge >= 0.3 is 12.1 Å². The van der Waals surface area contributed by atoms with Crippen molar-refractivity contribution in [2.45, 2.75) is 0 Å². The van der Waals surface area contributed by atoms with Gasteiger partial charge in [-0.1, -0.05) is 10.5 Å². The number of aliphatic imine (C=N–C) groups is 2. The zero-order valence-electron chi connectivity index (χ0n) is 20.7. The number of allylic oxidation sites excluding steroid dienone is 10. The number of Topliss-reactive ketones (excluding diaryl/α,β-unsaturated/α-hetero) is 2. The Morgan fingerprint density at radius 3 is 1.56 bits per heavy atom. The summed E-state index contributed by atoms with van der Waals surface area (Å²) in [5.74, 6) is 1.71. The zero-order chi connectivity index (χ0) is 26.0. The Morgan fingerprint density at radius 2 is 1.19 bits per heavy atom. The number of carbonyl (C=O) groups is 2. The lowest BCUT2D eigenvalue weighted by molar-refractivity contribution is -0.110. The Bertz CT molecular complexity index is 1330. The number of nitrogens with zero attached hydrogens (tertiary/aromatic N) is 4. The Hall–Kier alpha value is -3.60. The van der Waals surface area contributed by atoms with E-state index in [1.807, 2.05) is 26.2 Å². The van der Waals surface area contributed by atoms with Gasteiger partial charge in [0.25, 0.3) is 0 Å². The molecule has 2 N–H and O–H groups in total. The molecule has 0 aromatic heterocycles. The zero-order valence-corrected chi connectivity index (χ0v) is 22.3. The molecule has 10 heteroatoms. The van der Waals surface area contributed by atoms with Crippen molar-refractivity contribution in [3.8, 4) is 12.1 Å². The smallest absolute Gasteiger partial charge is 0.332 e.